The Morgan fingerprint density at radius 3 is 2.58 bits per heavy atom. The van der Waals surface area contributed by atoms with Crippen molar-refractivity contribution in [3.05, 3.63) is 65.2 Å². The maximum atomic E-state index is 6.23. The molecule has 96 valence electrons. The van der Waals surface area contributed by atoms with E-state index in [1.165, 1.54) is 16.7 Å². The minimum atomic E-state index is 0.127. The molecule has 0 amide bonds. The van der Waals surface area contributed by atoms with Gasteiger partial charge in [-0.3, -0.25) is 0 Å². The van der Waals surface area contributed by atoms with Gasteiger partial charge in [-0.2, -0.15) is 0 Å². The van der Waals surface area contributed by atoms with Gasteiger partial charge in [0, 0.05) is 18.6 Å². The molecule has 2 heteroatoms. The number of hydrogen-bond acceptors (Lipinski definition) is 2. The molecule has 0 spiro atoms. The summed E-state index contributed by atoms with van der Waals surface area (Å²) in [6.07, 6.45) is 1.30. The molecule has 0 saturated heterocycles. The van der Waals surface area contributed by atoms with Crippen LogP contribution in [-0.2, 0) is 11.2 Å². The molecule has 1 aliphatic carbocycles. The van der Waals surface area contributed by atoms with E-state index < -0.39 is 0 Å². The second-order valence-electron chi connectivity index (χ2n) is 5.30. The lowest BCUT2D eigenvalue weighted by atomic mass is 9.88. The van der Waals surface area contributed by atoms with Crippen LogP contribution in [0.15, 0.2) is 48.5 Å². The molecule has 1 heterocycles. The van der Waals surface area contributed by atoms with E-state index in [0.717, 1.165) is 12.2 Å². The Kier molecular flexibility index (Phi) is 2.39. The maximum absolute atomic E-state index is 6.23. The molecular weight excluding hydrogens is 236 g/mol. The lowest BCUT2D eigenvalue weighted by Gasteiger charge is -2.35. The van der Waals surface area contributed by atoms with Crippen LogP contribution >= 0.6 is 0 Å². The summed E-state index contributed by atoms with van der Waals surface area (Å²) in [5, 5.41) is 0. The summed E-state index contributed by atoms with van der Waals surface area (Å²) in [7, 11) is 1.80. The van der Waals surface area contributed by atoms with Crippen molar-refractivity contribution in [3.63, 3.8) is 0 Å². The monoisotopic (exact) mass is 252 g/mol. The van der Waals surface area contributed by atoms with E-state index in [1.807, 2.05) is 12.1 Å². The first-order valence-corrected chi connectivity index (χ1v) is 6.74. The minimum absolute atomic E-state index is 0.127. The molecule has 2 nitrogen and oxygen atoms in total. The van der Waals surface area contributed by atoms with Crippen molar-refractivity contribution in [2.75, 3.05) is 7.11 Å². The van der Waals surface area contributed by atoms with Gasteiger partial charge in [0.25, 0.3) is 0 Å². The molecule has 1 aliphatic heterocycles. The van der Waals surface area contributed by atoms with E-state index in [1.54, 1.807) is 7.11 Å². The Balaban J connectivity index is 1.84. The first-order chi connectivity index (χ1) is 9.38. The van der Waals surface area contributed by atoms with Crippen molar-refractivity contribution in [1.82, 2.24) is 0 Å². The number of fused-ring (bicyclic) bond motifs is 4. The van der Waals surface area contributed by atoms with Crippen LogP contribution in [0.3, 0.4) is 0 Å². The highest BCUT2D eigenvalue weighted by Crippen LogP contribution is 2.51. The number of ether oxygens (including phenoxy) is 2. The first-order valence-electron chi connectivity index (χ1n) is 6.74. The van der Waals surface area contributed by atoms with Crippen LogP contribution in [0.2, 0.25) is 0 Å². The number of methoxy groups -OCH3 is 1. The van der Waals surface area contributed by atoms with Gasteiger partial charge in [0.15, 0.2) is 0 Å². The summed E-state index contributed by atoms with van der Waals surface area (Å²) < 4.78 is 12.0. The molecule has 2 unspecified atom stereocenters. The van der Waals surface area contributed by atoms with Gasteiger partial charge in [-0.25, -0.2) is 0 Å². The van der Waals surface area contributed by atoms with Crippen LogP contribution in [-0.4, -0.2) is 7.11 Å². The summed E-state index contributed by atoms with van der Waals surface area (Å²) in [6.45, 7) is 0. The molecule has 2 aromatic carbocycles. The fourth-order valence-corrected chi connectivity index (χ4v) is 3.50. The molecule has 19 heavy (non-hydrogen) atoms. The summed E-state index contributed by atoms with van der Waals surface area (Å²) in [4.78, 5) is 0. The molecule has 0 fully saturated rings. The number of hydrogen-bond donors (Lipinski definition) is 0. The van der Waals surface area contributed by atoms with Crippen molar-refractivity contribution in [3.8, 4) is 5.75 Å². The molecule has 0 aromatic heterocycles. The zero-order chi connectivity index (χ0) is 12.8. The van der Waals surface area contributed by atoms with Gasteiger partial charge < -0.3 is 9.47 Å². The second-order valence-corrected chi connectivity index (χ2v) is 5.30. The molecule has 0 saturated carbocycles. The van der Waals surface area contributed by atoms with Crippen molar-refractivity contribution in [2.45, 2.75) is 18.6 Å². The average molecular weight is 252 g/mol. The summed E-state index contributed by atoms with van der Waals surface area (Å²) in [6, 6.07) is 16.8. The highest BCUT2D eigenvalue weighted by molar-refractivity contribution is 5.44. The Morgan fingerprint density at radius 1 is 1.00 bits per heavy atom. The van der Waals surface area contributed by atoms with Gasteiger partial charge in [0.05, 0.1) is 6.10 Å². The highest BCUT2D eigenvalue weighted by atomic mass is 16.5. The second kappa shape index (κ2) is 4.10. The molecular formula is C17H16O2. The third-order valence-corrected chi connectivity index (χ3v) is 4.33. The van der Waals surface area contributed by atoms with Crippen molar-refractivity contribution < 1.29 is 9.47 Å². The third kappa shape index (κ3) is 1.53. The smallest absolute Gasteiger partial charge is 0.130 e. The van der Waals surface area contributed by atoms with Crippen LogP contribution in [0, 0.1) is 5.92 Å². The molecule has 2 aromatic rings. The van der Waals surface area contributed by atoms with E-state index in [4.69, 9.17) is 9.47 Å². The van der Waals surface area contributed by atoms with E-state index in [9.17, 15) is 0 Å². The third-order valence-electron chi connectivity index (χ3n) is 4.33. The van der Waals surface area contributed by atoms with E-state index >= 15 is 0 Å². The van der Waals surface area contributed by atoms with Gasteiger partial charge in [-0.05, 0) is 23.6 Å². The van der Waals surface area contributed by atoms with Gasteiger partial charge in [0.2, 0.25) is 0 Å². The topological polar surface area (TPSA) is 18.5 Å². The fraction of sp³-hybridized carbons (Fsp3) is 0.294. The maximum Gasteiger partial charge on any atom is 0.130 e. The molecule has 3 atom stereocenters. The predicted octanol–water partition coefficient (Wildman–Crippen LogP) is 3.68. The normalized spacial score (nSPS) is 27.1. The highest BCUT2D eigenvalue weighted by Gasteiger charge is 2.44. The van der Waals surface area contributed by atoms with Gasteiger partial charge in [-0.15, -0.1) is 0 Å². The largest absolute Gasteiger partial charge is 0.485 e. The van der Waals surface area contributed by atoms with Crippen molar-refractivity contribution >= 4 is 0 Å². The van der Waals surface area contributed by atoms with Gasteiger partial charge >= 0.3 is 0 Å². The van der Waals surface area contributed by atoms with Gasteiger partial charge in [-0.1, -0.05) is 42.5 Å². The lowest BCUT2D eigenvalue weighted by Crippen LogP contribution is -2.28. The van der Waals surface area contributed by atoms with E-state index in [-0.39, 0.29) is 12.2 Å². The molecule has 0 N–H and O–H groups in total. The molecule has 0 bridgehead atoms. The zero-order valence-corrected chi connectivity index (χ0v) is 10.9. The average Bonchev–Trinajstić information content (AvgIpc) is 2.83. The molecule has 2 aliphatic rings. The number of rotatable bonds is 1. The molecule has 4 rings (SSSR count). The zero-order valence-electron chi connectivity index (χ0n) is 10.9. The predicted molar refractivity (Wildman–Crippen MR) is 73.2 cm³/mol. The van der Waals surface area contributed by atoms with Crippen LogP contribution < -0.4 is 4.74 Å². The van der Waals surface area contributed by atoms with Crippen LogP contribution in [0.4, 0.5) is 0 Å². The SMILES string of the molecule is CO[C@@H]1c2ccccc2OC2c3ccccc3CC21. The summed E-state index contributed by atoms with van der Waals surface area (Å²) in [5.74, 6) is 1.35. The number of para-hydroxylation sites is 1. The van der Waals surface area contributed by atoms with Crippen LogP contribution in [0.5, 0.6) is 5.75 Å². The standard InChI is InChI=1S/C17H16O2/c1-18-16-13-8-4-5-9-15(13)19-17-12-7-3-2-6-11(12)10-14(16)17/h2-9,14,16-17H,10H2,1H3/t14?,16-,17?/m1/s1. The van der Waals surface area contributed by atoms with Crippen LogP contribution in [0.25, 0.3) is 0 Å². The van der Waals surface area contributed by atoms with E-state index in [0.29, 0.717) is 5.92 Å². The lowest BCUT2D eigenvalue weighted by molar-refractivity contribution is -0.0200. The Hall–Kier alpha value is -1.80. The minimum Gasteiger partial charge on any atom is -0.485 e. The quantitative estimate of drug-likeness (QED) is 0.770. The Bertz CT molecular complexity index is 620. The fourth-order valence-electron chi connectivity index (χ4n) is 3.50. The van der Waals surface area contributed by atoms with E-state index in [2.05, 4.69) is 36.4 Å². The Morgan fingerprint density at radius 2 is 1.74 bits per heavy atom. The summed E-state index contributed by atoms with van der Waals surface area (Å²) >= 11 is 0. The number of benzene rings is 2. The van der Waals surface area contributed by atoms with Crippen molar-refractivity contribution in [1.29, 1.82) is 0 Å². The van der Waals surface area contributed by atoms with Crippen LogP contribution in [0.1, 0.15) is 28.9 Å². The summed E-state index contributed by atoms with van der Waals surface area (Å²) in [5.41, 5.74) is 3.90. The van der Waals surface area contributed by atoms with Crippen molar-refractivity contribution in [2.24, 2.45) is 5.92 Å². The Labute approximate surface area is 113 Å². The first kappa shape index (κ1) is 11.1. The van der Waals surface area contributed by atoms with Gasteiger partial charge in [0.1, 0.15) is 11.9 Å². The molecule has 0 radical (unpaired) electrons.